The number of ether oxygens (including phenoxy) is 2. The van der Waals surface area contributed by atoms with E-state index in [1.807, 2.05) is 24.3 Å². The number of para-hydroxylation sites is 1. The molecule has 0 amide bonds. The summed E-state index contributed by atoms with van der Waals surface area (Å²) in [5.74, 6) is 0.626. The van der Waals surface area contributed by atoms with Gasteiger partial charge in [0.25, 0.3) is 0 Å². The maximum absolute atomic E-state index is 11.4. The van der Waals surface area contributed by atoms with Gasteiger partial charge in [0.15, 0.2) is 0 Å². The van der Waals surface area contributed by atoms with Gasteiger partial charge >= 0.3 is 5.97 Å². The average Bonchev–Trinajstić information content (AvgIpc) is 2.35. The number of nitrogens with two attached hydrogens (primary N) is 1. The SMILES string of the molecule is COC(=O)C(C)(N)COc1ccccc1C(C)C. The van der Waals surface area contributed by atoms with Crippen molar-refractivity contribution in [2.24, 2.45) is 5.73 Å². The van der Waals surface area contributed by atoms with E-state index in [-0.39, 0.29) is 6.61 Å². The second kappa shape index (κ2) is 5.87. The van der Waals surface area contributed by atoms with Crippen molar-refractivity contribution in [3.8, 4) is 5.75 Å². The van der Waals surface area contributed by atoms with Crippen LogP contribution in [-0.4, -0.2) is 25.2 Å². The van der Waals surface area contributed by atoms with E-state index in [0.717, 1.165) is 11.3 Å². The van der Waals surface area contributed by atoms with Crippen LogP contribution in [0.3, 0.4) is 0 Å². The summed E-state index contributed by atoms with van der Waals surface area (Å²) in [6, 6.07) is 7.74. The molecule has 1 aromatic rings. The Bertz CT molecular complexity index is 413. The molecule has 0 saturated carbocycles. The highest BCUT2D eigenvalue weighted by molar-refractivity contribution is 5.80. The summed E-state index contributed by atoms with van der Waals surface area (Å²) in [5.41, 5.74) is 5.80. The summed E-state index contributed by atoms with van der Waals surface area (Å²) in [6.45, 7) is 5.86. The maximum atomic E-state index is 11.4. The largest absolute Gasteiger partial charge is 0.491 e. The molecule has 4 nitrogen and oxygen atoms in total. The lowest BCUT2D eigenvalue weighted by atomic mass is 10.0. The fourth-order valence-corrected chi connectivity index (χ4v) is 1.61. The summed E-state index contributed by atoms with van der Waals surface area (Å²) in [7, 11) is 1.31. The third-order valence-electron chi connectivity index (χ3n) is 2.72. The molecule has 0 aliphatic heterocycles. The Labute approximate surface area is 108 Å². The van der Waals surface area contributed by atoms with E-state index in [9.17, 15) is 4.79 Å². The fourth-order valence-electron chi connectivity index (χ4n) is 1.61. The van der Waals surface area contributed by atoms with Crippen LogP contribution in [0.5, 0.6) is 5.75 Å². The van der Waals surface area contributed by atoms with Gasteiger partial charge in [0.05, 0.1) is 7.11 Å². The van der Waals surface area contributed by atoms with Gasteiger partial charge in [-0.15, -0.1) is 0 Å². The smallest absolute Gasteiger partial charge is 0.329 e. The standard InChI is InChI=1S/C14H21NO3/c1-10(2)11-7-5-6-8-12(11)18-9-14(3,15)13(16)17-4/h5-8,10H,9,15H2,1-4H3. The number of hydrogen-bond donors (Lipinski definition) is 1. The molecular weight excluding hydrogens is 230 g/mol. The molecule has 0 saturated heterocycles. The van der Waals surface area contributed by atoms with E-state index in [1.165, 1.54) is 7.11 Å². The van der Waals surface area contributed by atoms with Crippen molar-refractivity contribution in [3.63, 3.8) is 0 Å². The molecule has 1 unspecified atom stereocenters. The number of esters is 1. The molecule has 2 N–H and O–H groups in total. The van der Waals surface area contributed by atoms with Gasteiger partial charge in [-0.3, -0.25) is 0 Å². The molecule has 0 spiro atoms. The number of hydrogen-bond acceptors (Lipinski definition) is 4. The molecule has 0 radical (unpaired) electrons. The second-order valence-electron chi connectivity index (χ2n) is 4.89. The lowest BCUT2D eigenvalue weighted by Gasteiger charge is -2.23. The highest BCUT2D eigenvalue weighted by Gasteiger charge is 2.30. The summed E-state index contributed by atoms with van der Waals surface area (Å²) in [4.78, 5) is 11.4. The van der Waals surface area contributed by atoms with Gasteiger partial charge < -0.3 is 15.2 Å². The lowest BCUT2D eigenvalue weighted by molar-refractivity contribution is -0.147. The van der Waals surface area contributed by atoms with Gasteiger partial charge in [-0.2, -0.15) is 0 Å². The second-order valence-corrected chi connectivity index (χ2v) is 4.89. The van der Waals surface area contributed by atoms with E-state index in [2.05, 4.69) is 18.6 Å². The third-order valence-corrected chi connectivity index (χ3v) is 2.72. The van der Waals surface area contributed by atoms with Crippen LogP contribution in [0.1, 0.15) is 32.3 Å². The van der Waals surface area contributed by atoms with Crippen LogP contribution in [0.15, 0.2) is 24.3 Å². The van der Waals surface area contributed by atoms with Crippen molar-refractivity contribution in [3.05, 3.63) is 29.8 Å². The Kier molecular flexibility index (Phi) is 4.73. The molecule has 0 aromatic heterocycles. The molecule has 1 rings (SSSR count). The summed E-state index contributed by atoms with van der Waals surface area (Å²) >= 11 is 0. The summed E-state index contributed by atoms with van der Waals surface area (Å²) in [5, 5.41) is 0. The third kappa shape index (κ3) is 3.47. The predicted molar refractivity (Wildman–Crippen MR) is 70.6 cm³/mol. The van der Waals surface area contributed by atoms with Crippen LogP contribution >= 0.6 is 0 Å². The molecule has 4 heteroatoms. The number of benzene rings is 1. The first-order chi connectivity index (χ1) is 8.38. The van der Waals surface area contributed by atoms with Crippen LogP contribution in [-0.2, 0) is 9.53 Å². The van der Waals surface area contributed by atoms with E-state index in [0.29, 0.717) is 5.92 Å². The topological polar surface area (TPSA) is 61.5 Å². The Morgan fingerprint density at radius 3 is 2.56 bits per heavy atom. The Morgan fingerprint density at radius 1 is 1.39 bits per heavy atom. The zero-order valence-electron chi connectivity index (χ0n) is 11.4. The molecule has 1 aromatic carbocycles. The number of carbonyl (C=O) groups excluding carboxylic acids is 1. The molecule has 0 aliphatic carbocycles. The van der Waals surface area contributed by atoms with Crippen molar-refractivity contribution in [2.45, 2.75) is 32.2 Å². The van der Waals surface area contributed by atoms with Gasteiger partial charge in [-0.05, 0) is 24.5 Å². The average molecular weight is 251 g/mol. The quantitative estimate of drug-likeness (QED) is 0.814. The first-order valence-electron chi connectivity index (χ1n) is 5.97. The summed E-state index contributed by atoms with van der Waals surface area (Å²) in [6.07, 6.45) is 0. The highest BCUT2D eigenvalue weighted by atomic mass is 16.5. The van der Waals surface area contributed by atoms with E-state index in [4.69, 9.17) is 10.5 Å². The van der Waals surface area contributed by atoms with Crippen molar-refractivity contribution in [1.29, 1.82) is 0 Å². The zero-order valence-corrected chi connectivity index (χ0v) is 11.4. The van der Waals surface area contributed by atoms with Gasteiger partial charge in [0, 0.05) is 0 Å². The zero-order chi connectivity index (χ0) is 13.8. The minimum atomic E-state index is -1.14. The van der Waals surface area contributed by atoms with Crippen LogP contribution in [0.25, 0.3) is 0 Å². The molecule has 0 heterocycles. The minimum Gasteiger partial charge on any atom is -0.491 e. The molecule has 0 bridgehead atoms. The van der Waals surface area contributed by atoms with Crippen molar-refractivity contribution < 1.29 is 14.3 Å². The normalized spacial score (nSPS) is 14.1. The first kappa shape index (κ1) is 14.5. The Hall–Kier alpha value is -1.55. The molecule has 0 fully saturated rings. The van der Waals surface area contributed by atoms with Gasteiger partial charge in [0.2, 0.25) is 0 Å². The number of carbonyl (C=O) groups is 1. The fraction of sp³-hybridized carbons (Fsp3) is 0.500. The Morgan fingerprint density at radius 2 is 2.00 bits per heavy atom. The number of rotatable bonds is 5. The predicted octanol–water partition coefficient (Wildman–Crippen LogP) is 2.08. The molecule has 18 heavy (non-hydrogen) atoms. The molecule has 0 aliphatic rings. The van der Waals surface area contributed by atoms with E-state index in [1.54, 1.807) is 6.92 Å². The number of methoxy groups -OCH3 is 1. The monoisotopic (exact) mass is 251 g/mol. The van der Waals surface area contributed by atoms with Crippen LogP contribution in [0.4, 0.5) is 0 Å². The van der Waals surface area contributed by atoms with Gasteiger partial charge in [0.1, 0.15) is 17.9 Å². The minimum absolute atomic E-state index is 0.0867. The van der Waals surface area contributed by atoms with E-state index >= 15 is 0 Å². The lowest BCUT2D eigenvalue weighted by Crippen LogP contribution is -2.50. The van der Waals surface area contributed by atoms with Gasteiger partial charge in [-0.25, -0.2) is 4.79 Å². The van der Waals surface area contributed by atoms with Crippen LogP contribution < -0.4 is 10.5 Å². The maximum Gasteiger partial charge on any atom is 0.329 e. The summed E-state index contributed by atoms with van der Waals surface area (Å²) < 4.78 is 10.3. The van der Waals surface area contributed by atoms with Crippen LogP contribution in [0.2, 0.25) is 0 Å². The molecule has 1 atom stereocenters. The molecule has 100 valence electrons. The van der Waals surface area contributed by atoms with Crippen molar-refractivity contribution >= 4 is 5.97 Å². The van der Waals surface area contributed by atoms with Gasteiger partial charge in [-0.1, -0.05) is 32.0 Å². The van der Waals surface area contributed by atoms with Crippen molar-refractivity contribution in [2.75, 3.05) is 13.7 Å². The van der Waals surface area contributed by atoms with Crippen molar-refractivity contribution in [1.82, 2.24) is 0 Å². The molecular formula is C14H21NO3. The van der Waals surface area contributed by atoms with E-state index < -0.39 is 11.5 Å². The Balaban J connectivity index is 2.78. The first-order valence-corrected chi connectivity index (χ1v) is 5.97. The van der Waals surface area contributed by atoms with Crippen LogP contribution in [0, 0.1) is 0 Å². The highest BCUT2D eigenvalue weighted by Crippen LogP contribution is 2.26.